The zero-order chi connectivity index (χ0) is 27.6. The lowest BCUT2D eigenvalue weighted by atomic mass is 10.0. The first kappa shape index (κ1) is 36.1. The standard InChI is InChI=1S/C30H59NO5S/c1-3-5-7-9-11-12-13-14-15-16-17-18-19-20-22-24-26-30(33)31-28(27-37(34,35)36)29(32)25-23-21-10-8-6-4-2/h23,25,28-29,32H,3-22,24,26-27H2,1-2H3,(H,31,33)(H,34,35,36)/b25-23+. The summed E-state index contributed by atoms with van der Waals surface area (Å²) < 4.78 is 32.0. The van der Waals surface area contributed by atoms with Crippen molar-refractivity contribution in [2.24, 2.45) is 0 Å². The summed E-state index contributed by atoms with van der Waals surface area (Å²) in [4.78, 5) is 12.3. The molecule has 2 atom stereocenters. The Morgan fingerprint density at radius 1 is 0.703 bits per heavy atom. The maximum atomic E-state index is 12.3. The van der Waals surface area contributed by atoms with Gasteiger partial charge >= 0.3 is 0 Å². The van der Waals surface area contributed by atoms with Crippen LogP contribution >= 0.6 is 0 Å². The summed E-state index contributed by atoms with van der Waals surface area (Å²) in [6.45, 7) is 4.40. The fourth-order valence-corrected chi connectivity index (χ4v) is 5.36. The van der Waals surface area contributed by atoms with E-state index in [0.29, 0.717) is 6.42 Å². The molecule has 0 saturated carbocycles. The van der Waals surface area contributed by atoms with E-state index in [1.807, 2.05) is 6.08 Å². The van der Waals surface area contributed by atoms with E-state index < -0.39 is 28.0 Å². The number of aliphatic hydroxyl groups excluding tert-OH is 1. The molecule has 0 fully saturated rings. The van der Waals surface area contributed by atoms with Crippen LogP contribution in [0, 0.1) is 0 Å². The van der Waals surface area contributed by atoms with Crippen LogP contribution in [0.1, 0.15) is 155 Å². The van der Waals surface area contributed by atoms with Gasteiger partial charge < -0.3 is 10.4 Å². The molecule has 0 rings (SSSR count). The third-order valence-electron chi connectivity index (χ3n) is 6.96. The Balaban J connectivity index is 3.90. The number of carbonyl (C=O) groups excluding carboxylic acids is 1. The lowest BCUT2D eigenvalue weighted by Crippen LogP contribution is -2.46. The summed E-state index contributed by atoms with van der Waals surface area (Å²) in [5.41, 5.74) is 0. The average Bonchev–Trinajstić information content (AvgIpc) is 2.84. The van der Waals surface area contributed by atoms with E-state index in [0.717, 1.165) is 51.4 Å². The molecule has 0 heterocycles. The summed E-state index contributed by atoms with van der Waals surface area (Å²) in [6.07, 6.45) is 28.0. The molecule has 7 heteroatoms. The minimum atomic E-state index is -4.32. The zero-order valence-electron chi connectivity index (χ0n) is 24.1. The van der Waals surface area contributed by atoms with Crippen molar-refractivity contribution in [2.45, 2.75) is 167 Å². The number of allylic oxidation sites excluding steroid dienone is 1. The number of hydrogen-bond donors (Lipinski definition) is 3. The number of amides is 1. The van der Waals surface area contributed by atoms with Gasteiger partial charge in [0.2, 0.25) is 5.91 Å². The van der Waals surface area contributed by atoms with Gasteiger partial charge in [0.05, 0.1) is 17.9 Å². The highest BCUT2D eigenvalue weighted by molar-refractivity contribution is 7.85. The molecule has 0 aromatic rings. The smallest absolute Gasteiger partial charge is 0.267 e. The molecule has 0 aliphatic carbocycles. The Bertz CT molecular complexity index is 650. The van der Waals surface area contributed by atoms with Crippen LogP contribution in [0.3, 0.4) is 0 Å². The van der Waals surface area contributed by atoms with Crippen LogP contribution in [0.25, 0.3) is 0 Å². The van der Waals surface area contributed by atoms with Crippen molar-refractivity contribution in [2.75, 3.05) is 5.75 Å². The minimum absolute atomic E-state index is 0.283. The van der Waals surface area contributed by atoms with Crippen LogP contribution in [0.5, 0.6) is 0 Å². The normalized spacial score (nSPS) is 13.7. The summed E-state index contributed by atoms with van der Waals surface area (Å²) in [5, 5.41) is 13.0. The van der Waals surface area contributed by atoms with Gasteiger partial charge in [0.1, 0.15) is 0 Å². The molecule has 0 aromatic carbocycles. The quantitative estimate of drug-likeness (QED) is 0.0553. The molecule has 2 unspecified atom stereocenters. The van der Waals surface area contributed by atoms with Crippen molar-refractivity contribution >= 4 is 16.0 Å². The topological polar surface area (TPSA) is 104 Å². The van der Waals surface area contributed by atoms with E-state index in [-0.39, 0.29) is 5.91 Å². The van der Waals surface area contributed by atoms with E-state index in [9.17, 15) is 22.9 Å². The van der Waals surface area contributed by atoms with Gasteiger partial charge in [0.15, 0.2) is 0 Å². The largest absolute Gasteiger partial charge is 0.387 e. The third kappa shape index (κ3) is 26.5. The van der Waals surface area contributed by atoms with Crippen LogP contribution in [0.15, 0.2) is 12.2 Å². The van der Waals surface area contributed by atoms with Gasteiger partial charge in [0, 0.05) is 6.42 Å². The monoisotopic (exact) mass is 545 g/mol. The molecule has 1 amide bonds. The SMILES string of the molecule is CCCCCC/C=C/C(O)C(CS(=O)(=O)O)NC(=O)CCCCCCCCCCCCCCCCCC. The fourth-order valence-electron chi connectivity index (χ4n) is 4.62. The molecule has 3 N–H and O–H groups in total. The van der Waals surface area contributed by atoms with Gasteiger partial charge in [-0.15, -0.1) is 0 Å². The number of aliphatic hydroxyl groups is 1. The van der Waals surface area contributed by atoms with Gasteiger partial charge in [-0.3, -0.25) is 9.35 Å². The maximum absolute atomic E-state index is 12.3. The van der Waals surface area contributed by atoms with Crippen molar-refractivity contribution in [3.8, 4) is 0 Å². The molecule has 0 aliphatic heterocycles. The number of hydrogen-bond acceptors (Lipinski definition) is 4. The fraction of sp³-hybridized carbons (Fsp3) is 0.900. The number of rotatable bonds is 27. The van der Waals surface area contributed by atoms with Gasteiger partial charge in [-0.25, -0.2) is 0 Å². The van der Waals surface area contributed by atoms with Crippen molar-refractivity contribution in [3.05, 3.63) is 12.2 Å². The van der Waals surface area contributed by atoms with Crippen molar-refractivity contribution in [1.82, 2.24) is 5.32 Å². The Kier molecular flexibility index (Phi) is 24.7. The van der Waals surface area contributed by atoms with Crippen molar-refractivity contribution in [1.29, 1.82) is 0 Å². The number of nitrogens with one attached hydrogen (secondary N) is 1. The van der Waals surface area contributed by atoms with Crippen molar-refractivity contribution < 1.29 is 22.9 Å². The van der Waals surface area contributed by atoms with E-state index in [1.165, 1.54) is 89.5 Å². The third-order valence-corrected chi connectivity index (χ3v) is 7.74. The van der Waals surface area contributed by atoms with E-state index >= 15 is 0 Å². The predicted octanol–water partition coefficient (Wildman–Crippen LogP) is 7.90. The first-order valence-corrected chi connectivity index (χ1v) is 17.0. The number of carbonyl (C=O) groups is 1. The van der Waals surface area contributed by atoms with E-state index in [2.05, 4.69) is 19.2 Å². The second-order valence-electron chi connectivity index (χ2n) is 10.7. The molecule has 0 bridgehead atoms. The molecule has 0 aromatic heterocycles. The lowest BCUT2D eigenvalue weighted by molar-refractivity contribution is -0.122. The predicted molar refractivity (Wildman–Crippen MR) is 156 cm³/mol. The Labute approximate surface area is 229 Å². The molecule has 0 saturated heterocycles. The highest BCUT2D eigenvalue weighted by Crippen LogP contribution is 2.14. The summed E-state index contributed by atoms with van der Waals surface area (Å²) in [7, 11) is -4.32. The average molecular weight is 546 g/mol. The van der Waals surface area contributed by atoms with Gasteiger partial charge in [-0.1, -0.05) is 142 Å². The Morgan fingerprint density at radius 3 is 1.54 bits per heavy atom. The van der Waals surface area contributed by atoms with Crippen molar-refractivity contribution in [3.63, 3.8) is 0 Å². The van der Waals surface area contributed by atoms with Gasteiger partial charge in [-0.2, -0.15) is 8.42 Å². The highest BCUT2D eigenvalue weighted by atomic mass is 32.2. The van der Waals surface area contributed by atoms with Crippen LogP contribution in [0.2, 0.25) is 0 Å². The molecular weight excluding hydrogens is 486 g/mol. The maximum Gasteiger partial charge on any atom is 0.267 e. The summed E-state index contributed by atoms with van der Waals surface area (Å²) >= 11 is 0. The summed E-state index contributed by atoms with van der Waals surface area (Å²) in [5.74, 6) is -0.978. The Hall–Kier alpha value is -0.920. The minimum Gasteiger partial charge on any atom is -0.387 e. The first-order valence-electron chi connectivity index (χ1n) is 15.4. The van der Waals surface area contributed by atoms with Crippen LogP contribution < -0.4 is 5.32 Å². The molecule has 37 heavy (non-hydrogen) atoms. The van der Waals surface area contributed by atoms with Gasteiger partial charge in [0.25, 0.3) is 10.1 Å². The van der Waals surface area contributed by atoms with Crippen LogP contribution in [-0.2, 0) is 14.9 Å². The highest BCUT2D eigenvalue weighted by Gasteiger charge is 2.24. The lowest BCUT2D eigenvalue weighted by Gasteiger charge is -2.21. The molecule has 0 aliphatic rings. The summed E-state index contributed by atoms with van der Waals surface area (Å²) in [6, 6.07) is -1.05. The van der Waals surface area contributed by atoms with E-state index in [1.54, 1.807) is 0 Å². The molecule has 220 valence electrons. The Morgan fingerprint density at radius 2 is 1.11 bits per heavy atom. The molecular formula is C30H59NO5S. The number of unbranched alkanes of at least 4 members (excludes halogenated alkanes) is 19. The second-order valence-corrected chi connectivity index (χ2v) is 12.2. The zero-order valence-corrected chi connectivity index (χ0v) is 24.9. The first-order chi connectivity index (χ1) is 17.8. The molecule has 0 spiro atoms. The van der Waals surface area contributed by atoms with E-state index in [4.69, 9.17) is 0 Å². The van der Waals surface area contributed by atoms with Gasteiger partial charge in [-0.05, 0) is 19.3 Å². The second kappa shape index (κ2) is 25.4. The molecule has 6 nitrogen and oxygen atoms in total. The molecule has 0 radical (unpaired) electrons. The van der Waals surface area contributed by atoms with Crippen LogP contribution in [-0.4, -0.2) is 41.9 Å². The van der Waals surface area contributed by atoms with Crippen LogP contribution in [0.4, 0.5) is 0 Å².